The molecule has 0 unspecified atom stereocenters. The van der Waals surface area contributed by atoms with Gasteiger partial charge in [-0.15, -0.1) is 0 Å². The van der Waals surface area contributed by atoms with Crippen LogP contribution >= 0.6 is 0 Å². The summed E-state index contributed by atoms with van der Waals surface area (Å²) in [4.78, 5) is 25.5. The fraction of sp³-hybridized carbons (Fsp3) is 0.500. The first-order valence-electron chi connectivity index (χ1n) is 7.09. The van der Waals surface area contributed by atoms with Crippen LogP contribution in [0.3, 0.4) is 0 Å². The molecular weight excluding hydrogens is 254 g/mol. The number of rotatable bonds is 8. The molecule has 20 heavy (non-hydrogen) atoms. The molecule has 1 rings (SSSR count). The Morgan fingerprint density at radius 3 is 2.25 bits per heavy atom. The zero-order valence-electron chi connectivity index (χ0n) is 12.5. The van der Waals surface area contributed by atoms with Crippen molar-refractivity contribution in [1.29, 1.82) is 0 Å². The summed E-state index contributed by atoms with van der Waals surface area (Å²) in [5, 5.41) is 9.01. The number of nitrogens with zero attached hydrogens (tertiary/aromatic N) is 1. The molecule has 4 nitrogen and oxygen atoms in total. The van der Waals surface area contributed by atoms with E-state index in [1.165, 1.54) is 12.1 Å². The van der Waals surface area contributed by atoms with E-state index in [1.54, 1.807) is 6.07 Å². The van der Waals surface area contributed by atoms with Crippen LogP contribution < -0.4 is 0 Å². The minimum absolute atomic E-state index is 0.00694. The van der Waals surface area contributed by atoms with E-state index in [0.29, 0.717) is 12.1 Å². The Bertz CT molecular complexity index is 477. The van der Waals surface area contributed by atoms with Crippen LogP contribution in [0.25, 0.3) is 0 Å². The number of carbonyl (C=O) groups is 2. The number of hydrogen-bond donors (Lipinski definition) is 1. The zero-order chi connectivity index (χ0) is 15.1. The predicted molar refractivity (Wildman–Crippen MR) is 79.5 cm³/mol. The molecule has 0 atom stereocenters. The van der Waals surface area contributed by atoms with Gasteiger partial charge in [0.1, 0.15) is 0 Å². The van der Waals surface area contributed by atoms with Crippen LogP contribution in [-0.4, -0.2) is 41.4 Å². The van der Waals surface area contributed by atoms with Crippen molar-refractivity contribution in [3.05, 3.63) is 34.9 Å². The van der Waals surface area contributed by atoms with Gasteiger partial charge in [0.25, 0.3) is 0 Å². The molecule has 0 aliphatic carbocycles. The Kier molecular flexibility index (Phi) is 6.39. The molecule has 1 aromatic rings. The highest BCUT2D eigenvalue weighted by Crippen LogP contribution is 2.13. The second-order valence-corrected chi connectivity index (χ2v) is 5.03. The Hall–Kier alpha value is -1.68. The molecule has 0 aliphatic rings. The Labute approximate surface area is 120 Å². The van der Waals surface area contributed by atoms with Gasteiger partial charge >= 0.3 is 5.97 Å². The van der Waals surface area contributed by atoms with Crippen molar-refractivity contribution in [3.63, 3.8) is 0 Å². The van der Waals surface area contributed by atoms with Gasteiger partial charge in [0.15, 0.2) is 5.78 Å². The first-order chi connectivity index (χ1) is 9.49. The van der Waals surface area contributed by atoms with Gasteiger partial charge in [-0.05, 0) is 50.6 Å². The average molecular weight is 277 g/mol. The average Bonchev–Trinajstić information content (AvgIpc) is 2.39. The lowest BCUT2D eigenvalue weighted by molar-refractivity contribution is 0.0697. The monoisotopic (exact) mass is 277 g/mol. The van der Waals surface area contributed by atoms with E-state index in [0.717, 1.165) is 31.5 Å². The fourth-order valence-electron chi connectivity index (χ4n) is 2.25. The number of carbonyl (C=O) groups excluding carboxylic acids is 1. The molecule has 0 spiro atoms. The van der Waals surface area contributed by atoms with Crippen molar-refractivity contribution in [3.8, 4) is 0 Å². The Morgan fingerprint density at radius 2 is 1.75 bits per heavy atom. The first-order valence-corrected chi connectivity index (χ1v) is 7.09. The van der Waals surface area contributed by atoms with Gasteiger partial charge in [-0.1, -0.05) is 19.9 Å². The van der Waals surface area contributed by atoms with Crippen LogP contribution in [0, 0.1) is 6.92 Å². The van der Waals surface area contributed by atoms with E-state index >= 15 is 0 Å². The van der Waals surface area contributed by atoms with Crippen molar-refractivity contribution in [1.82, 2.24) is 4.90 Å². The summed E-state index contributed by atoms with van der Waals surface area (Å²) in [6, 6.07) is 4.71. The van der Waals surface area contributed by atoms with Crippen molar-refractivity contribution >= 4 is 11.8 Å². The quantitative estimate of drug-likeness (QED) is 0.742. The summed E-state index contributed by atoms with van der Waals surface area (Å²) >= 11 is 0. The van der Waals surface area contributed by atoms with E-state index in [9.17, 15) is 9.59 Å². The minimum Gasteiger partial charge on any atom is -0.478 e. The highest BCUT2D eigenvalue weighted by atomic mass is 16.4. The van der Waals surface area contributed by atoms with E-state index in [2.05, 4.69) is 18.7 Å². The lowest BCUT2D eigenvalue weighted by Crippen LogP contribution is -2.31. The van der Waals surface area contributed by atoms with Crippen molar-refractivity contribution < 1.29 is 14.7 Å². The Morgan fingerprint density at radius 1 is 1.15 bits per heavy atom. The zero-order valence-corrected chi connectivity index (χ0v) is 12.5. The topological polar surface area (TPSA) is 57.6 Å². The van der Waals surface area contributed by atoms with Crippen LogP contribution in [-0.2, 0) is 0 Å². The van der Waals surface area contributed by atoms with Crippen LogP contribution in [0.2, 0.25) is 0 Å². The van der Waals surface area contributed by atoms with Gasteiger partial charge in [0.05, 0.1) is 12.1 Å². The van der Waals surface area contributed by atoms with E-state index in [1.807, 2.05) is 6.92 Å². The van der Waals surface area contributed by atoms with Crippen molar-refractivity contribution in [2.24, 2.45) is 0 Å². The van der Waals surface area contributed by atoms with Gasteiger partial charge < -0.3 is 5.11 Å². The minimum atomic E-state index is -1.00. The molecular formula is C16H23NO3. The SMILES string of the molecule is CCCN(CCC)CC(=O)c1cc(C(=O)O)ccc1C. The molecule has 1 N–H and O–H groups in total. The van der Waals surface area contributed by atoms with Gasteiger partial charge in [0.2, 0.25) is 0 Å². The van der Waals surface area contributed by atoms with Gasteiger partial charge in [-0.2, -0.15) is 0 Å². The molecule has 0 heterocycles. The Balaban J connectivity index is 2.90. The molecule has 4 heteroatoms. The molecule has 0 aliphatic heterocycles. The van der Waals surface area contributed by atoms with Gasteiger partial charge in [-0.25, -0.2) is 4.79 Å². The van der Waals surface area contributed by atoms with Crippen molar-refractivity contribution in [2.75, 3.05) is 19.6 Å². The first kappa shape index (κ1) is 16.4. The molecule has 0 saturated carbocycles. The van der Waals surface area contributed by atoms with Gasteiger partial charge in [-0.3, -0.25) is 9.69 Å². The molecule has 0 fully saturated rings. The molecule has 0 bridgehead atoms. The lowest BCUT2D eigenvalue weighted by atomic mass is 10.0. The van der Waals surface area contributed by atoms with Gasteiger partial charge in [0, 0.05) is 5.56 Å². The highest BCUT2D eigenvalue weighted by molar-refractivity contribution is 6.01. The molecule has 0 radical (unpaired) electrons. The third-order valence-electron chi connectivity index (χ3n) is 3.23. The standard InChI is InChI=1S/C16H23NO3/c1-4-8-17(9-5-2)11-15(18)14-10-13(16(19)20)7-6-12(14)3/h6-7,10H,4-5,8-9,11H2,1-3H3,(H,19,20). The number of aryl methyl sites for hydroxylation is 1. The van der Waals surface area contributed by atoms with E-state index in [-0.39, 0.29) is 11.3 Å². The van der Waals surface area contributed by atoms with E-state index in [4.69, 9.17) is 5.11 Å². The second kappa shape index (κ2) is 7.80. The summed E-state index contributed by atoms with van der Waals surface area (Å²) in [7, 11) is 0. The second-order valence-electron chi connectivity index (χ2n) is 5.03. The number of benzene rings is 1. The number of ketones is 1. The number of carboxylic acid groups (broad SMARTS) is 1. The smallest absolute Gasteiger partial charge is 0.335 e. The van der Waals surface area contributed by atoms with Crippen LogP contribution in [0.5, 0.6) is 0 Å². The molecule has 0 aromatic heterocycles. The molecule has 110 valence electrons. The number of Topliss-reactive ketones (excluding diaryl/α,β-unsaturated/α-hetero) is 1. The molecule has 1 aromatic carbocycles. The third-order valence-corrected chi connectivity index (χ3v) is 3.23. The lowest BCUT2D eigenvalue weighted by Gasteiger charge is -2.20. The van der Waals surface area contributed by atoms with E-state index < -0.39 is 5.97 Å². The number of aromatic carboxylic acids is 1. The predicted octanol–water partition coefficient (Wildman–Crippen LogP) is 3.00. The van der Waals surface area contributed by atoms with Crippen LogP contribution in [0.1, 0.15) is 53.0 Å². The summed E-state index contributed by atoms with van der Waals surface area (Å²) < 4.78 is 0. The maximum absolute atomic E-state index is 12.4. The normalized spacial score (nSPS) is 10.8. The molecule has 0 saturated heterocycles. The highest BCUT2D eigenvalue weighted by Gasteiger charge is 2.15. The number of hydrogen-bond acceptors (Lipinski definition) is 3. The summed E-state index contributed by atoms with van der Waals surface area (Å²) in [6.45, 7) is 8.13. The third kappa shape index (κ3) is 4.46. The summed E-state index contributed by atoms with van der Waals surface area (Å²) in [5.74, 6) is -1.01. The van der Waals surface area contributed by atoms with Crippen LogP contribution in [0.4, 0.5) is 0 Å². The largest absolute Gasteiger partial charge is 0.478 e. The van der Waals surface area contributed by atoms with Crippen molar-refractivity contribution in [2.45, 2.75) is 33.6 Å². The number of carboxylic acids is 1. The summed E-state index contributed by atoms with van der Waals surface area (Å²) in [6.07, 6.45) is 2.00. The fourth-order valence-corrected chi connectivity index (χ4v) is 2.25. The summed E-state index contributed by atoms with van der Waals surface area (Å²) in [5.41, 5.74) is 1.51. The maximum atomic E-state index is 12.4. The maximum Gasteiger partial charge on any atom is 0.335 e. The molecule has 0 amide bonds. The van der Waals surface area contributed by atoms with Crippen LogP contribution in [0.15, 0.2) is 18.2 Å².